The van der Waals surface area contributed by atoms with Gasteiger partial charge in [-0.15, -0.1) is 0 Å². The first-order valence-corrected chi connectivity index (χ1v) is 7.57. The van der Waals surface area contributed by atoms with E-state index >= 15 is 0 Å². The molecule has 9 heteroatoms. The first kappa shape index (κ1) is 17.6. The van der Waals surface area contributed by atoms with Crippen molar-refractivity contribution < 1.29 is 18.0 Å². The lowest BCUT2D eigenvalue weighted by Gasteiger charge is -2.08. The molecule has 3 rings (SSSR count). The van der Waals surface area contributed by atoms with Crippen molar-refractivity contribution in [3.63, 3.8) is 0 Å². The summed E-state index contributed by atoms with van der Waals surface area (Å²) in [4.78, 5) is 19.5. The molecular weight excluding hydrogens is 347 g/mol. The number of alkyl halides is 3. The molecule has 134 valence electrons. The molecule has 0 spiro atoms. The molecule has 1 amide bonds. The van der Waals surface area contributed by atoms with Crippen molar-refractivity contribution in [2.45, 2.75) is 12.7 Å². The highest BCUT2D eigenvalue weighted by Crippen LogP contribution is 2.27. The smallest absolute Gasteiger partial charge is 0.348 e. The number of aryl methyl sites for hydroxylation is 1. The lowest BCUT2D eigenvalue weighted by atomic mass is 10.1. The number of nitrogens with one attached hydrogen (secondary N) is 1. The second-order valence-corrected chi connectivity index (χ2v) is 5.60. The monoisotopic (exact) mass is 361 g/mol. The molecule has 26 heavy (non-hydrogen) atoms. The fourth-order valence-electron chi connectivity index (χ4n) is 2.29. The van der Waals surface area contributed by atoms with Crippen molar-refractivity contribution in [2.24, 2.45) is 7.05 Å². The van der Waals surface area contributed by atoms with Crippen molar-refractivity contribution in [1.82, 2.24) is 25.1 Å². The molecule has 0 bridgehead atoms. The molecule has 0 saturated carbocycles. The Kier molecular flexibility index (Phi) is 4.70. The average molecular weight is 361 g/mol. The molecule has 0 aliphatic rings. The Balaban J connectivity index is 1.66. The van der Waals surface area contributed by atoms with Crippen molar-refractivity contribution in [1.29, 1.82) is 0 Å². The van der Waals surface area contributed by atoms with Crippen LogP contribution in [0.25, 0.3) is 11.1 Å². The maximum absolute atomic E-state index is 12.5. The zero-order valence-corrected chi connectivity index (χ0v) is 13.7. The number of carbonyl (C=O) groups is 1. The summed E-state index contributed by atoms with van der Waals surface area (Å²) in [5.41, 5.74) is 1.50. The lowest BCUT2D eigenvalue weighted by molar-refractivity contribution is -0.141. The number of pyridine rings is 2. The van der Waals surface area contributed by atoms with Gasteiger partial charge in [0, 0.05) is 49.5 Å². The van der Waals surface area contributed by atoms with Crippen LogP contribution in [-0.4, -0.2) is 25.7 Å². The van der Waals surface area contributed by atoms with Gasteiger partial charge in [-0.1, -0.05) is 0 Å². The number of halogens is 3. The number of rotatable bonds is 4. The standard InChI is InChI=1S/C17H14F3N5O/c1-25-10-14(9-24-25)13-4-11(5-21-7-13)6-23-16(26)12-2-3-15(22-8-12)17(18,19)20/h2-5,7-10H,6H2,1H3,(H,23,26). The molecule has 1 N–H and O–H groups in total. The number of hydrogen-bond acceptors (Lipinski definition) is 4. The van der Waals surface area contributed by atoms with E-state index in [1.807, 2.05) is 12.3 Å². The maximum Gasteiger partial charge on any atom is 0.433 e. The number of amides is 1. The quantitative estimate of drug-likeness (QED) is 0.776. The molecule has 0 aromatic carbocycles. The van der Waals surface area contributed by atoms with Gasteiger partial charge >= 0.3 is 6.18 Å². The van der Waals surface area contributed by atoms with Gasteiger partial charge in [0.15, 0.2) is 0 Å². The van der Waals surface area contributed by atoms with Crippen LogP contribution in [0, 0.1) is 0 Å². The van der Waals surface area contributed by atoms with Gasteiger partial charge in [0.1, 0.15) is 5.69 Å². The summed E-state index contributed by atoms with van der Waals surface area (Å²) in [7, 11) is 1.80. The SMILES string of the molecule is Cn1cc(-c2cncc(CNC(=O)c3ccc(C(F)(F)F)nc3)c2)cn1. The van der Waals surface area contributed by atoms with E-state index in [2.05, 4.69) is 20.4 Å². The van der Waals surface area contributed by atoms with Crippen LogP contribution in [0.3, 0.4) is 0 Å². The Bertz CT molecular complexity index is 919. The van der Waals surface area contributed by atoms with Crippen LogP contribution in [0.1, 0.15) is 21.6 Å². The van der Waals surface area contributed by atoms with Crippen LogP contribution >= 0.6 is 0 Å². The summed E-state index contributed by atoms with van der Waals surface area (Å²) < 4.78 is 39.1. The summed E-state index contributed by atoms with van der Waals surface area (Å²) in [6, 6.07) is 3.73. The summed E-state index contributed by atoms with van der Waals surface area (Å²) >= 11 is 0. The number of carbonyl (C=O) groups excluding carboxylic acids is 1. The highest BCUT2D eigenvalue weighted by atomic mass is 19.4. The zero-order chi connectivity index (χ0) is 18.7. The number of hydrogen-bond donors (Lipinski definition) is 1. The predicted octanol–water partition coefficient (Wildman–Crippen LogP) is 2.83. The van der Waals surface area contributed by atoms with Gasteiger partial charge < -0.3 is 5.32 Å². The fourth-order valence-corrected chi connectivity index (χ4v) is 2.29. The molecule has 0 radical (unpaired) electrons. The number of nitrogens with zero attached hydrogens (tertiary/aromatic N) is 4. The van der Waals surface area contributed by atoms with Crippen LogP contribution < -0.4 is 5.32 Å². The van der Waals surface area contributed by atoms with Gasteiger partial charge in [-0.3, -0.25) is 19.4 Å². The number of aromatic nitrogens is 4. The van der Waals surface area contributed by atoms with Gasteiger partial charge in [0.2, 0.25) is 0 Å². The molecule has 0 saturated heterocycles. The summed E-state index contributed by atoms with van der Waals surface area (Å²) in [5.74, 6) is -0.516. The third-order valence-corrected chi connectivity index (χ3v) is 3.60. The van der Waals surface area contributed by atoms with Gasteiger partial charge in [-0.25, -0.2) is 0 Å². The van der Waals surface area contributed by atoms with Crippen LogP contribution in [0.5, 0.6) is 0 Å². The van der Waals surface area contributed by atoms with Crippen LogP contribution in [-0.2, 0) is 19.8 Å². The second-order valence-electron chi connectivity index (χ2n) is 5.60. The van der Waals surface area contributed by atoms with E-state index < -0.39 is 17.8 Å². The molecule has 0 aliphatic carbocycles. The van der Waals surface area contributed by atoms with E-state index in [-0.39, 0.29) is 12.1 Å². The zero-order valence-electron chi connectivity index (χ0n) is 13.7. The molecule has 6 nitrogen and oxygen atoms in total. The molecular formula is C17H14F3N5O. The Morgan fingerprint density at radius 2 is 1.96 bits per heavy atom. The normalized spacial score (nSPS) is 11.4. The Morgan fingerprint density at radius 1 is 1.15 bits per heavy atom. The summed E-state index contributed by atoms with van der Waals surface area (Å²) in [6.45, 7) is 0.182. The minimum atomic E-state index is -4.53. The van der Waals surface area contributed by atoms with Crippen molar-refractivity contribution in [3.05, 3.63) is 66.0 Å². The van der Waals surface area contributed by atoms with Gasteiger partial charge in [0.25, 0.3) is 5.91 Å². The Hall–Kier alpha value is -3.23. The van der Waals surface area contributed by atoms with E-state index in [1.165, 1.54) is 0 Å². The van der Waals surface area contributed by atoms with Crippen LogP contribution in [0.2, 0.25) is 0 Å². The fraction of sp³-hybridized carbons (Fsp3) is 0.176. The topological polar surface area (TPSA) is 72.7 Å². The highest BCUT2D eigenvalue weighted by Gasteiger charge is 2.32. The largest absolute Gasteiger partial charge is 0.433 e. The first-order valence-electron chi connectivity index (χ1n) is 7.57. The summed E-state index contributed by atoms with van der Waals surface area (Å²) in [6.07, 6.45) is 3.20. The molecule has 0 fully saturated rings. The molecule has 0 aliphatic heterocycles. The van der Waals surface area contributed by atoms with E-state index in [9.17, 15) is 18.0 Å². The summed E-state index contributed by atoms with van der Waals surface area (Å²) in [5, 5.41) is 6.73. The minimum Gasteiger partial charge on any atom is -0.348 e. The predicted molar refractivity (Wildman–Crippen MR) is 86.8 cm³/mol. The van der Waals surface area contributed by atoms with Crippen molar-refractivity contribution in [2.75, 3.05) is 0 Å². The van der Waals surface area contributed by atoms with Gasteiger partial charge in [-0.05, 0) is 23.8 Å². The second kappa shape index (κ2) is 6.95. The molecule has 3 aromatic heterocycles. The van der Waals surface area contributed by atoms with Gasteiger partial charge in [0.05, 0.1) is 11.8 Å². The van der Waals surface area contributed by atoms with Crippen LogP contribution in [0.4, 0.5) is 13.2 Å². The van der Waals surface area contributed by atoms with E-state index in [4.69, 9.17) is 0 Å². The third-order valence-electron chi connectivity index (χ3n) is 3.60. The van der Waals surface area contributed by atoms with E-state index in [1.54, 1.807) is 30.3 Å². The average Bonchev–Trinajstić information content (AvgIpc) is 3.06. The molecule has 0 unspecified atom stereocenters. The Morgan fingerprint density at radius 3 is 2.58 bits per heavy atom. The van der Waals surface area contributed by atoms with Crippen LogP contribution in [0.15, 0.2) is 49.2 Å². The molecule has 3 aromatic rings. The van der Waals surface area contributed by atoms with Crippen molar-refractivity contribution in [3.8, 4) is 11.1 Å². The van der Waals surface area contributed by atoms with Crippen molar-refractivity contribution >= 4 is 5.91 Å². The van der Waals surface area contributed by atoms with E-state index in [0.29, 0.717) is 0 Å². The minimum absolute atomic E-state index is 0.0503. The molecule has 0 atom stereocenters. The Labute approximate surface area is 146 Å². The first-order chi connectivity index (χ1) is 12.3. The third kappa shape index (κ3) is 4.05. The lowest BCUT2D eigenvalue weighted by Crippen LogP contribution is -2.23. The van der Waals surface area contributed by atoms with Gasteiger partial charge in [-0.2, -0.15) is 18.3 Å². The molecule has 3 heterocycles. The maximum atomic E-state index is 12.5. The van der Waals surface area contributed by atoms with E-state index in [0.717, 1.165) is 35.0 Å². The highest BCUT2D eigenvalue weighted by molar-refractivity contribution is 5.93.